The normalized spacial score (nSPS) is 11.1. The molecular weight excluding hydrogens is 617 g/mol. The second kappa shape index (κ2) is 11.0. The van der Waals surface area contributed by atoms with Gasteiger partial charge in [0, 0.05) is 21.8 Å². The number of benzene rings is 3. The number of aromatic nitrogens is 2. The van der Waals surface area contributed by atoms with Crippen molar-refractivity contribution < 1.29 is 18.8 Å². The third-order valence-electron chi connectivity index (χ3n) is 4.99. The van der Waals surface area contributed by atoms with Crippen LogP contribution in [0.5, 0.6) is 5.75 Å². The largest absolute Gasteiger partial charge is 0.476 e. The Morgan fingerprint density at radius 1 is 1.24 bits per heavy atom. The molecule has 4 aromatic rings. The molecule has 4 rings (SSSR count). The Morgan fingerprint density at radius 3 is 2.76 bits per heavy atom. The zero-order chi connectivity index (χ0) is 26.7. The van der Waals surface area contributed by atoms with Crippen LogP contribution in [0.1, 0.15) is 11.4 Å². The van der Waals surface area contributed by atoms with E-state index in [2.05, 4.69) is 47.3 Å². The van der Waals surface area contributed by atoms with Gasteiger partial charge in [-0.2, -0.15) is 9.78 Å². The van der Waals surface area contributed by atoms with Gasteiger partial charge in [0.15, 0.2) is 6.61 Å². The van der Waals surface area contributed by atoms with E-state index in [-0.39, 0.29) is 21.5 Å². The van der Waals surface area contributed by atoms with Crippen LogP contribution in [0.25, 0.3) is 10.9 Å². The molecule has 0 saturated heterocycles. The maximum atomic E-state index is 13.3. The molecule has 0 aliphatic carbocycles. The smallest absolute Gasteiger partial charge is 0.312 e. The van der Waals surface area contributed by atoms with E-state index in [9.17, 15) is 24.1 Å². The van der Waals surface area contributed by atoms with Gasteiger partial charge >= 0.3 is 5.69 Å². The average molecular weight is 633 g/mol. The molecule has 1 aromatic heterocycles. The fraction of sp³-hybridized carbons (Fsp3) is 0.0833. The van der Waals surface area contributed by atoms with Gasteiger partial charge in [0.25, 0.3) is 11.5 Å². The molecule has 0 spiro atoms. The van der Waals surface area contributed by atoms with Crippen molar-refractivity contribution in [3.8, 4) is 5.75 Å². The Bertz CT molecular complexity index is 1640. The van der Waals surface area contributed by atoms with Gasteiger partial charge in [0.2, 0.25) is 5.75 Å². The highest BCUT2D eigenvalue weighted by Gasteiger charge is 2.21. The Hall–Kier alpha value is -3.97. The zero-order valence-corrected chi connectivity index (χ0v) is 22.1. The van der Waals surface area contributed by atoms with Crippen LogP contribution in [-0.4, -0.2) is 33.3 Å². The van der Waals surface area contributed by atoms with Crippen LogP contribution in [0.2, 0.25) is 0 Å². The standard InChI is InChI=1S/C24H16Br2FN5O5/c1-13-29-20-6-5-15(25)9-18(20)24(34)31(13)28-11-14-7-19(26)23(21(8-14)32(35)36)37-12-22(33)30-17-4-2-3-16(27)10-17/h2-11H,12H2,1H3,(H,30,33). The van der Waals surface area contributed by atoms with E-state index in [1.807, 2.05) is 0 Å². The van der Waals surface area contributed by atoms with Crippen LogP contribution < -0.4 is 15.6 Å². The van der Waals surface area contributed by atoms with Crippen molar-refractivity contribution >= 4 is 66.3 Å². The molecule has 0 bridgehead atoms. The first-order valence-corrected chi connectivity index (χ1v) is 12.1. The van der Waals surface area contributed by atoms with Gasteiger partial charge in [-0.05, 0) is 65.3 Å². The number of amides is 1. The van der Waals surface area contributed by atoms with Gasteiger partial charge in [-0.25, -0.2) is 9.37 Å². The van der Waals surface area contributed by atoms with E-state index < -0.39 is 34.5 Å². The third kappa shape index (κ3) is 6.06. The van der Waals surface area contributed by atoms with Crippen LogP contribution in [0.4, 0.5) is 15.8 Å². The van der Waals surface area contributed by atoms with Crippen molar-refractivity contribution in [1.29, 1.82) is 0 Å². The van der Waals surface area contributed by atoms with Gasteiger partial charge in [-0.15, -0.1) is 0 Å². The molecule has 37 heavy (non-hydrogen) atoms. The second-order valence-corrected chi connectivity index (χ2v) is 9.41. The molecule has 1 heterocycles. The van der Waals surface area contributed by atoms with Crippen LogP contribution in [0.15, 0.2) is 73.4 Å². The topological polar surface area (TPSA) is 129 Å². The summed E-state index contributed by atoms with van der Waals surface area (Å²) in [6.45, 7) is 1.06. The molecule has 3 aromatic carbocycles. The summed E-state index contributed by atoms with van der Waals surface area (Å²) in [5.74, 6) is -1.02. The first kappa shape index (κ1) is 26.1. The van der Waals surface area contributed by atoms with Crippen molar-refractivity contribution in [1.82, 2.24) is 9.66 Å². The van der Waals surface area contributed by atoms with E-state index in [0.717, 1.165) is 10.7 Å². The van der Waals surface area contributed by atoms with Crippen molar-refractivity contribution in [2.45, 2.75) is 6.92 Å². The second-order valence-electron chi connectivity index (χ2n) is 7.64. The number of nitrogens with one attached hydrogen (secondary N) is 1. The number of nitrogens with zero attached hydrogens (tertiary/aromatic N) is 4. The summed E-state index contributed by atoms with van der Waals surface area (Å²) in [4.78, 5) is 40.5. The number of fused-ring (bicyclic) bond motifs is 1. The quantitative estimate of drug-likeness (QED) is 0.170. The van der Waals surface area contributed by atoms with Gasteiger partial charge in [-0.3, -0.25) is 19.7 Å². The minimum atomic E-state index is -0.672. The van der Waals surface area contributed by atoms with E-state index in [1.54, 1.807) is 25.1 Å². The molecule has 1 amide bonds. The fourth-order valence-corrected chi connectivity index (χ4v) is 4.32. The Kier molecular flexibility index (Phi) is 7.74. The molecular formula is C24H16Br2FN5O5. The molecule has 10 nitrogen and oxygen atoms in total. The lowest BCUT2D eigenvalue weighted by Gasteiger charge is -2.10. The average Bonchev–Trinajstić information content (AvgIpc) is 2.83. The summed E-state index contributed by atoms with van der Waals surface area (Å²) >= 11 is 6.56. The summed E-state index contributed by atoms with van der Waals surface area (Å²) in [6.07, 6.45) is 1.28. The minimum absolute atomic E-state index is 0.179. The van der Waals surface area contributed by atoms with E-state index in [0.29, 0.717) is 21.2 Å². The SMILES string of the molecule is Cc1nc2ccc(Br)cc2c(=O)n1N=Cc1cc(Br)c(OCC(=O)Nc2cccc(F)c2)c([N+](=O)[O-])c1. The highest BCUT2D eigenvalue weighted by Crippen LogP contribution is 2.36. The number of hydrogen-bond donors (Lipinski definition) is 1. The molecule has 13 heteroatoms. The number of anilines is 1. The first-order chi connectivity index (χ1) is 17.6. The van der Waals surface area contributed by atoms with Crippen LogP contribution in [0.3, 0.4) is 0 Å². The number of nitro benzene ring substituents is 1. The molecule has 0 aliphatic heterocycles. The molecule has 0 saturated carbocycles. The lowest BCUT2D eigenvalue weighted by Crippen LogP contribution is -2.21. The predicted octanol–water partition coefficient (Wildman–Crippen LogP) is 5.18. The number of carbonyl (C=O) groups is 1. The molecule has 0 unspecified atom stereocenters. The van der Waals surface area contributed by atoms with Crippen LogP contribution in [0, 0.1) is 22.9 Å². The van der Waals surface area contributed by atoms with E-state index >= 15 is 0 Å². The maximum absolute atomic E-state index is 13.3. The summed E-state index contributed by atoms with van der Waals surface area (Å²) < 4.78 is 20.7. The number of hydrogen-bond acceptors (Lipinski definition) is 7. The number of carbonyl (C=O) groups excluding carboxylic acids is 1. The van der Waals surface area contributed by atoms with Gasteiger partial charge in [-0.1, -0.05) is 22.0 Å². The van der Waals surface area contributed by atoms with Crippen molar-refractivity contribution in [2.24, 2.45) is 5.10 Å². The number of nitro groups is 1. The number of halogens is 3. The monoisotopic (exact) mass is 631 g/mol. The zero-order valence-electron chi connectivity index (χ0n) is 18.9. The Labute approximate surface area is 225 Å². The van der Waals surface area contributed by atoms with Crippen molar-refractivity contribution in [3.05, 3.63) is 101 Å². The van der Waals surface area contributed by atoms with Crippen molar-refractivity contribution in [3.63, 3.8) is 0 Å². The Morgan fingerprint density at radius 2 is 2.03 bits per heavy atom. The van der Waals surface area contributed by atoms with Gasteiger partial charge < -0.3 is 10.1 Å². The number of rotatable bonds is 7. The molecule has 188 valence electrons. The summed E-state index contributed by atoms with van der Waals surface area (Å²) in [7, 11) is 0. The molecule has 0 radical (unpaired) electrons. The summed E-state index contributed by atoms with van der Waals surface area (Å²) in [5, 5.41) is 18.7. The van der Waals surface area contributed by atoms with Gasteiger partial charge in [0.1, 0.15) is 11.6 Å². The molecule has 1 N–H and O–H groups in total. The minimum Gasteiger partial charge on any atom is -0.476 e. The maximum Gasteiger partial charge on any atom is 0.312 e. The summed E-state index contributed by atoms with van der Waals surface area (Å²) in [5.41, 5.74) is 0.181. The molecule has 0 fully saturated rings. The Balaban J connectivity index is 1.58. The van der Waals surface area contributed by atoms with E-state index in [4.69, 9.17) is 4.74 Å². The van der Waals surface area contributed by atoms with E-state index in [1.165, 1.54) is 36.5 Å². The fourth-order valence-electron chi connectivity index (χ4n) is 3.37. The van der Waals surface area contributed by atoms with Crippen molar-refractivity contribution in [2.75, 3.05) is 11.9 Å². The first-order valence-electron chi connectivity index (χ1n) is 10.5. The molecule has 0 atom stereocenters. The van der Waals surface area contributed by atoms with Crippen LogP contribution >= 0.6 is 31.9 Å². The highest BCUT2D eigenvalue weighted by atomic mass is 79.9. The number of ether oxygens (including phenoxy) is 1. The molecule has 0 aliphatic rings. The summed E-state index contributed by atoms with van der Waals surface area (Å²) in [6, 6.07) is 13.1. The van der Waals surface area contributed by atoms with Crippen LogP contribution in [-0.2, 0) is 4.79 Å². The highest BCUT2D eigenvalue weighted by molar-refractivity contribution is 9.10. The lowest BCUT2D eigenvalue weighted by molar-refractivity contribution is -0.385. The number of aryl methyl sites for hydroxylation is 1. The third-order valence-corrected chi connectivity index (χ3v) is 6.07. The predicted molar refractivity (Wildman–Crippen MR) is 143 cm³/mol. The van der Waals surface area contributed by atoms with Gasteiger partial charge in [0.05, 0.1) is 26.5 Å². The lowest BCUT2D eigenvalue weighted by atomic mass is 10.2.